The van der Waals surface area contributed by atoms with E-state index in [1.54, 1.807) is 0 Å². The van der Waals surface area contributed by atoms with Crippen LogP contribution in [0.4, 0.5) is 0 Å². The summed E-state index contributed by atoms with van der Waals surface area (Å²) in [5.74, 6) is 0.638. The molecule has 0 aromatic rings. The number of halogens is 1. The van der Waals surface area contributed by atoms with Crippen molar-refractivity contribution in [3.8, 4) is 0 Å². The molecule has 84 valence electrons. The summed E-state index contributed by atoms with van der Waals surface area (Å²) in [6.07, 6.45) is 5.59. The summed E-state index contributed by atoms with van der Waals surface area (Å²) in [6, 6.07) is 0. The molecule has 0 bridgehead atoms. The van der Waals surface area contributed by atoms with Crippen LogP contribution in [0.1, 0.15) is 13.3 Å². The maximum absolute atomic E-state index is 4.56. The maximum atomic E-state index is 4.56. The second-order valence-electron chi connectivity index (χ2n) is 4.25. The van der Waals surface area contributed by atoms with E-state index in [1.165, 1.54) is 5.70 Å². The van der Waals surface area contributed by atoms with E-state index < -0.39 is 0 Å². The molecule has 0 spiro atoms. The molecule has 2 unspecified atom stereocenters. The molecule has 2 aliphatic heterocycles. The van der Waals surface area contributed by atoms with Gasteiger partial charge in [-0.3, -0.25) is 4.99 Å². The summed E-state index contributed by atoms with van der Waals surface area (Å²) in [5.41, 5.74) is 1.32. The molecule has 3 nitrogen and oxygen atoms in total. The monoisotopic (exact) mass is 319 g/mol. The molecule has 4 heteroatoms. The molecule has 2 rings (SSSR count). The zero-order chi connectivity index (χ0) is 10.7. The van der Waals surface area contributed by atoms with Crippen molar-refractivity contribution in [3.05, 3.63) is 11.8 Å². The number of hydrogen-bond donors (Lipinski definition) is 1. The molecule has 2 heterocycles. The van der Waals surface area contributed by atoms with Gasteiger partial charge < -0.3 is 10.2 Å². The Morgan fingerprint density at radius 3 is 2.93 bits per heavy atom. The van der Waals surface area contributed by atoms with Crippen LogP contribution in [-0.2, 0) is 0 Å². The van der Waals surface area contributed by atoms with Gasteiger partial charge in [-0.15, -0.1) is 0 Å². The normalized spacial score (nSPS) is 32.4. The molecule has 15 heavy (non-hydrogen) atoms. The second-order valence-corrected chi connectivity index (χ2v) is 5.69. The van der Waals surface area contributed by atoms with Gasteiger partial charge in [0.25, 0.3) is 0 Å². The Morgan fingerprint density at radius 2 is 2.20 bits per heavy atom. The maximum Gasteiger partial charge on any atom is 0.102 e. The molecule has 2 atom stereocenters. The lowest BCUT2D eigenvalue weighted by atomic mass is 10.1. The molecule has 0 aromatic heterocycles. The number of aliphatic imine (C=N–C) groups is 1. The van der Waals surface area contributed by atoms with E-state index in [-0.39, 0.29) is 0 Å². The van der Waals surface area contributed by atoms with Crippen molar-refractivity contribution in [2.45, 2.75) is 17.4 Å². The van der Waals surface area contributed by atoms with E-state index >= 15 is 0 Å². The van der Waals surface area contributed by atoms with Crippen molar-refractivity contribution >= 4 is 28.8 Å². The van der Waals surface area contributed by atoms with Crippen LogP contribution in [0.3, 0.4) is 0 Å². The van der Waals surface area contributed by atoms with Gasteiger partial charge in [-0.1, -0.05) is 35.6 Å². The highest BCUT2D eigenvalue weighted by Crippen LogP contribution is 2.21. The molecule has 0 aromatic carbocycles. The number of allylic oxidation sites excluding steroid dienone is 2. The van der Waals surface area contributed by atoms with Gasteiger partial charge >= 0.3 is 0 Å². The first-order chi connectivity index (χ1) is 7.25. The van der Waals surface area contributed by atoms with E-state index in [9.17, 15) is 0 Å². The average molecular weight is 319 g/mol. The topological polar surface area (TPSA) is 27.6 Å². The molecule has 2 aliphatic rings. The predicted octanol–water partition coefficient (Wildman–Crippen LogP) is 1.65. The van der Waals surface area contributed by atoms with Gasteiger partial charge in [0, 0.05) is 32.4 Å². The molecule has 0 radical (unpaired) electrons. The van der Waals surface area contributed by atoms with Crippen LogP contribution < -0.4 is 5.32 Å². The summed E-state index contributed by atoms with van der Waals surface area (Å²) in [5, 5.41) is 3.37. The molecule has 1 N–H and O–H groups in total. The summed E-state index contributed by atoms with van der Waals surface area (Å²) in [4.78, 5) is 7.00. The highest BCUT2D eigenvalue weighted by molar-refractivity contribution is 14.1. The molecule has 1 saturated heterocycles. The molecular weight excluding hydrogens is 301 g/mol. The SMILES string of the molecule is CC1C=C(N2CCNCC2)C=NC(I)C1. The van der Waals surface area contributed by atoms with E-state index in [1.807, 2.05) is 0 Å². The summed E-state index contributed by atoms with van der Waals surface area (Å²) >= 11 is 2.42. The smallest absolute Gasteiger partial charge is 0.102 e. The first-order valence-electron chi connectivity index (χ1n) is 5.60. The van der Waals surface area contributed by atoms with Gasteiger partial charge in [0.1, 0.15) is 4.05 Å². The van der Waals surface area contributed by atoms with Crippen molar-refractivity contribution in [2.75, 3.05) is 26.2 Å². The van der Waals surface area contributed by atoms with E-state index in [4.69, 9.17) is 0 Å². The van der Waals surface area contributed by atoms with Crippen molar-refractivity contribution < 1.29 is 0 Å². The second kappa shape index (κ2) is 5.30. The Kier molecular flexibility index (Phi) is 4.02. The third-order valence-electron chi connectivity index (χ3n) is 2.87. The molecular formula is C11H18IN3. The van der Waals surface area contributed by atoms with Crippen molar-refractivity contribution in [3.63, 3.8) is 0 Å². The zero-order valence-corrected chi connectivity index (χ0v) is 11.3. The Hall–Kier alpha value is -0.100. The number of alkyl halides is 1. The zero-order valence-electron chi connectivity index (χ0n) is 9.12. The van der Waals surface area contributed by atoms with Crippen molar-refractivity contribution in [1.82, 2.24) is 10.2 Å². The van der Waals surface area contributed by atoms with E-state index in [0.29, 0.717) is 9.97 Å². The third-order valence-corrected chi connectivity index (χ3v) is 3.70. The Balaban J connectivity index is 2.07. The first kappa shape index (κ1) is 11.4. The van der Waals surface area contributed by atoms with Crippen LogP contribution >= 0.6 is 22.6 Å². The third kappa shape index (κ3) is 3.17. The van der Waals surface area contributed by atoms with Crippen LogP contribution in [-0.4, -0.2) is 41.3 Å². The number of rotatable bonds is 1. The fourth-order valence-corrected chi connectivity index (χ4v) is 3.00. The lowest BCUT2D eigenvalue weighted by Gasteiger charge is -2.30. The highest BCUT2D eigenvalue weighted by Gasteiger charge is 2.16. The van der Waals surface area contributed by atoms with Crippen LogP contribution in [0.5, 0.6) is 0 Å². The van der Waals surface area contributed by atoms with Gasteiger partial charge in [0.05, 0.1) is 5.70 Å². The Morgan fingerprint density at radius 1 is 1.47 bits per heavy atom. The minimum Gasteiger partial charge on any atom is -0.368 e. The molecule has 0 amide bonds. The number of nitrogens with zero attached hydrogens (tertiary/aromatic N) is 2. The number of nitrogens with one attached hydrogen (secondary N) is 1. The Labute approximate surface area is 105 Å². The number of piperazine rings is 1. The lowest BCUT2D eigenvalue weighted by molar-refractivity contribution is 0.311. The highest BCUT2D eigenvalue weighted by atomic mass is 127. The minimum atomic E-state index is 0.439. The summed E-state index contributed by atoms with van der Waals surface area (Å²) in [6.45, 7) is 6.68. The minimum absolute atomic E-state index is 0.439. The van der Waals surface area contributed by atoms with Crippen LogP contribution in [0.25, 0.3) is 0 Å². The van der Waals surface area contributed by atoms with E-state index in [2.05, 4.69) is 57.0 Å². The van der Waals surface area contributed by atoms with Gasteiger partial charge in [-0.25, -0.2) is 0 Å². The molecule has 0 saturated carbocycles. The van der Waals surface area contributed by atoms with Gasteiger partial charge in [-0.2, -0.15) is 0 Å². The first-order valence-corrected chi connectivity index (χ1v) is 6.85. The van der Waals surface area contributed by atoms with Gasteiger partial charge in [0.15, 0.2) is 0 Å². The molecule has 1 fully saturated rings. The predicted molar refractivity (Wildman–Crippen MR) is 72.6 cm³/mol. The fraction of sp³-hybridized carbons (Fsp3) is 0.727. The van der Waals surface area contributed by atoms with Crippen molar-refractivity contribution in [1.29, 1.82) is 0 Å². The average Bonchev–Trinajstić information content (AvgIpc) is 2.41. The summed E-state index contributed by atoms with van der Waals surface area (Å²) < 4.78 is 0.439. The van der Waals surface area contributed by atoms with Gasteiger partial charge in [-0.05, 0) is 12.3 Å². The standard InChI is InChI=1S/C11H18IN3/c1-9-6-10(8-14-11(12)7-9)15-4-2-13-3-5-15/h6,8-9,11,13H,2-5,7H2,1H3. The van der Waals surface area contributed by atoms with Crippen LogP contribution in [0.2, 0.25) is 0 Å². The summed E-state index contributed by atoms with van der Waals surface area (Å²) in [7, 11) is 0. The van der Waals surface area contributed by atoms with E-state index in [0.717, 1.165) is 32.6 Å². The quantitative estimate of drug-likeness (QED) is 0.452. The largest absolute Gasteiger partial charge is 0.368 e. The lowest BCUT2D eigenvalue weighted by Crippen LogP contribution is -2.43. The van der Waals surface area contributed by atoms with Crippen LogP contribution in [0, 0.1) is 5.92 Å². The fourth-order valence-electron chi connectivity index (χ4n) is 2.04. The number of hydrogen-bond acceptors (Lipinski definition) is 3. The Bertz CT molecular complexity index is 269. The van der Waals surface area contributed by atoms with Crippen molar-refractivity contribution in [2.24, 2.45) is 10.9 Å². The van der Waals surface area contributed by atoms with Crippen LogP contribution in [0.15, 0.2) is 16.8 Å². The molecule has 0 aliphatic carbocycles. The van der Waals surface area contributed by atoms with Gasteiger partial charge in [0.2, 0.25) is 0 Å².